The van der Waals surface area contributed by atoms with Gasteiger partial charge in [-0.3, -0.25) is 4.79 Å². The maximum atomic E-state index is 12.0. The number of nitrogens with one attached hydrogen (secondary N) is 1. The van der Waals surface area contributed by atoms with Gasteiger partial charge in [0.05, 0.1) is 0 Å². The average Bonchev–Trinajstić information content (AvgIpc) is 2.39. The van der Waals surface area contributed by atoms with Gasteiger partial charge in [-0.25, -0.2) is 0 Å². The van der Waals surface area contributed by atoms with Gasteiger partial charge in [-0.15, -0.1) is 0 Å². The molecule has 8 heteroatoms. The largest absolute Gasteiger partial charge is 0.508 e. The Bertz CT molecular complexity index is 583. The first kappa shape index (κ1) is 17.4. The highest BCUT2D eigenvalue weighted by Crippen LogP contribution is 2.12. The zero-order valence-corrected chi connectivity index (χ0v) is 13.0. The van der Waals surface area contributed by atoms with Crippen LogP contribution in [0.15, 0.2) is 24.3 Å². The lowest BCUT2D eigenvalue weighted by atomic mass is 10.1. The van der Waals surface area contributed by atoms with E-state index in [1.54, 1.807) is 26.0 Å². The van der Waals surface area contributed by atoms with Crippen molar-refractivity contribution in [2.75, 3.05) is 7.05 Å². The summed E-state index contributed by atoms with van der Waals surface area (Å²) in [5.74, 6) is -1.20. The monoisotopic (exact) mass is 316 g/mol. The first-order chi connectivity index (χ1) is 9.63. The summed E-state index contributed by atoms with van der Waals surface area (Å²) in [4.78, 5) is 11.2. The van der Waals surface area contributed by atoms with Gasteiger partial charge in [0.25, 0.3) is 10.2 Å². The van der Waals surface area contributed by atoms with Gasteiger partial charge in [-0.2, -0.15) is 17.4 Å². The predicted octanol–water partition coefficient (Wildman–Crippen LogP) is 0.562. The van der Waals surface area contributed by atoms with Crippen molar-refractivity contribution in [2.45, 2.75) is 32.4 Å². The molecule has 21 heavy (non-hydrogen) atoms. The summed E-state index contributed by atoms with van der Waals surface area (Å²) in [5, 5.41) is 18.4. The van der Waals surface area contributed by atoms with Gasteiger partial charge >= 0.3 is 5.97 Å². The third-order valence-electron chi connectivity index (χ3n) is 3.07. The van der Waals surface area contributed by atoms with E-state index in [1.165, 1.54) is 19.2 Å². The van der Waals surface area contributed by atoms with Gasteiger partial charge < -0.3 is 10.2 Å². The van der Waals surface area contributed by atoms with E-state index < -0.39 is 22.2 Å². The van der Waals surface area contributed by atoms with Gasteiger partial charge in [-0.1, -0.05) is 12.1 Å². The number of benzene rings is 1. The summed E-state index contributed by atoms with van der Waals surface area (Å²) in [6.07, 6.45) is -0.0131. The summed E-state index contributed by atoms with van der Waals surface area (Å²) in [5.41, 5.74) is 0.607. The van der Waals surface area contributed by atoms with Crippen molar-refractivity contribution in [1.29, 1.82) is 0 Å². The average molecular weight is 316 g/mol. The lowest BCUT2D eigenvalue weighted by Crippen LogP contribution is -2.49. The standard InChI is InChI=1S/C13H20N2O5S/c1-9(2)15(3)21(19,20)14-12(13(17)18)8-10-4-6-11(16)7-5-10/h4-7,9,12,14,16H,8H2,1-3H3,(H,17,18)/t12-/m0/s1. The molecule has 0 aliphatic heterocycles. The molecule has 0 unspecified atom stereocenters. The van der Waals surface area contributed by atoms with Crippen LogP contribution in [-0.2, 0) is 21.4 Å². The molecule has 1 rings (SSSR count). The molecule has 1 aromatic carbocycles. The SMILES string of the molecule is CC(C)N(C)S(=O)(=O)N[C@@H](Cc1ccc(O)cc1)C(=O)O. The Morgan fingerprint density at radius 2 is 1.81 bits per heavy atom. The molecule has 0 aliphatic rings. The highest BCUT2D eigenvalue weighted by molar-refractivity contribution is 7.87. The molecule has 0 saturated heterocycles. The van der Waals surface area contributed by atoms with Crippen molar-refractivity contribution in [2.24, 2.45) is 0 Å². The van der Waals surface area contributed by atoms with E-state index in [0.29, 0.717) is 5.56 Å². The maximum absolute atomic E-state index is 12.0. The molecule has 0 aliphatic carbocycles. The zero-order chi connectivity index (χ0) is 16.2. The molecule has 1 atom stereocenters. The van der Waals surface area contributed by atoms with Gasteiger partial charge in [0.1, 0.15) is 11.8 Å². The summed E-state index contributed by atoms with van der Waals surface area (Å²) in [7, 11) is -2.50. The Morgan fingerprint density at radius 1 is 1.29 bits per heavy atom. The smallest absolute Gasteiger partial charge is 0.322 e. The van der Waals surface area contributed by atoms with Crippen molar-refractivity contribution in [3.05, 3.63) is 29.8 Å². The van der Waals surface area contributed by atoms with E-state index in [2.05, 4.69) is 4.72 Å². The third-order valence-corrected chi connectivity index (χ3v) is 4.83. The molecule has 0 spiro atoms. The van der Waals surface area contributed by atoms with E-state index in [9.17, 15) is 23.4 Å². The molecular formula is C13H20N2O5S. The summed E-state index contributed by atoms with van der Waals surface area (Å²) in [6.45, 7) is 3.38. The fraction of sp³-hybridized carbons (Fsp3) is 0.462. The van der Waals surface area contributed by atoms with Crippen molar-refractivity contribution >= 4 is 16.2 Å². The van der Waals surface area contributed by atoms with Crippen LogP contribution in [0.2, 0.25) is 0 Å². The Balaban J connectivity index is 2.88. The van der Waals surface area contributed by atoms with Gasteiger partial charge in [-0.05, 0) is 38.0 Å². The third kappa shape index (κ3) is 5.00. The number of carboxylic acid groups (broad SMARTS) is 1. The van der Waals surface area contributed by atoms with Crippen LogP contribution < -0.4 is 4.72 Å². The number of phenols is 1. The van der Waals surface area contributed by atoms with Crippen LogP contribution in [0.5, 0.6) is 5.75 Å². The van der Waals surface area contributed by atoms with Gasteiger partial charge in [0.15, 0.2) is 0 Å². The second kappa shape index (κ2) is 6.88. The van der Waals surface area contributed by atoms with Crippen molar-refractivity contribution < 1.29 is 23.4 Å². The lowest BCUT2D eigenvalue weighted by Gasteiger charge is -2.24. The number of hydrogen-bond donors (Lipinski definition) is 3. The van der Waals surface area contributed by atoms with Gasteiger partial charge in [0, 0.05) is 13.1 Å². The fourth-order valence-electron chi connectivity index (χ4n) is 1.59. The number of phenolic OH excluding ortho intramolecular Hbond substituents is 1. The second-order valence-corrected chi connectivity index (χ2v) is 6.76. The molecule has 0 amide bonds. The number of carbonyl (C=O) groups is 1. The molecule has 118 valence electrons. The van der Waals surface area contributed by atoms with E-state index >= 15 is 0 Å². The quantitative estimate of drug-likeness (QED) is 0.681. The zero-order valence-electron chi connectivity index (χ0n) is 12.1. The first-order valence-electron chi connectivity index (χ1n) is 6.39. The minimum atomic E-state index is -3.88. The molecule has 0 radical (unpaired) electrons. The number of carboxylic acids is 1. The van der Waals surface area contributed by atoms with Crippen LogP contribution in [0.25, 0.3) is 0 Å². The van der Waals surface area contributed by atoms with Crippen LogP contribution in [0.1, 0.15) is 19.4 Å². The van der Waals surface area contributed by atoms with E-state index in [0.717, 1.165) is 4.31 Å². The number of hydrogen-bond acceptors (Lipinski definition) is 4. The number of aliphatic carboxylic acids is 1. The Hall–Kier alpha value is -1.64. The molecule has 0 bridgehead atoms. The molecule has 0 aromatic heterocycles. The normalized spacial score (nSPS) is 13.6. The fourth-order valence-corrected chi connectivity index (χ4v) is 2.85. The lowest BCUT2D eigenvalue weighted by molar-refractivity contribution is -0.138. The molecule has 3 N–H and O–H groups in total. The summed E-state index contributed by atoms with van der Waals surface area (Å²) >= 11 is 0. The minimum Gasteiger partial charge on any atom is -0.508 e. The van der Waals surface area contributed by atoms with E-state index in [-0.39, 0.29) is 18.2 Å². The first-order valence-corrected chi connectivity index (χ1v) is 7.83. The highest BCUT2D eigenvalue weighted by atomic mass is 32.2. The van der Waals surface area contributed by atoms with Crippen molar-refractivity contribution in [3.63, 3.8) is 0 Å². The van der Waals surface area contributed by atoms with Crippen LogP contribution in [-0.4, -0.2) is 48.0 Å². The molecular weight excluding hydrogens is 296 g/mol. The Morgan fingerprint density at radius 3 is 2.24 bits per heavy atom. The van der Waals surface area contributed by atoms with Crippen molar-refractivity contribution in [3.8, 4) is 5.75 Å². The summed E-state index contributed by atoms with van der Waals surface area (Å²) in [6, 6.07) is 4.37. The topological polar surface area (TPSA) is 107 Å². The second-order valence-electron chi connectivity index (χ2n) is 4.99. The maximum Gasteiger partial charge on any atom is 0.322 e. The minimum absolute atomic E-state index is 0.0131. The Kier molecular flexibility index (Phi) is 5.70. The Labute approximate surface area is 124 Å². The molecule has 0 heterocycles. The van der Waals surface area contributed by atoms with Crippen LogP contribution in [0.3, 0.4) is 0 Å². The van der Waals surface area contributed by atoms with Crippen molar-refractivity contribution in [1.82, 2.24) is 9.03 Å². The predicted molar refractivity (Wildman–Crippen MR) is 78.2 cm³/mol. The van der Waals surface area contributed by atoms with Crippen LogP contribution >= 0.6 is 0 Å². The van der Waals surface area contributed by atoms with E-state index in [4.69, 9.17) is 0 Å². The molecule has 0 fully saturated rings. The molecule has 7 nitrogen and oxygen atoms in total. The molecule has 1 aromatic rings. The van der Waals surface area contributed by atoms with E-state index in [1.807, 2.05) is 0 Å². The number of rotatable bonds is 7. The number of aromatic hydroxyl groups is 1. The molecule has 0 saturated carbocycles. The van der Waals surface area contributed by atoms with Crippen LogP contribution in [0.4, 0.5) is 0 Å². The van der Waals surface area contributed by atoms with Crippen LogP contribution in [0, 0.1) is 0 Å². The van der Waals surface area contributed by atoms with Gasteiger partial charge in [0.2, 0.25) is 0 Å². The number of nitrogens with zero attached hydrogens (tertiary/aromatic N) is 1. The summed E-state index contributed by atoms with van der Waals surface area (Å²) < 4.78 is 27.3. The highest BCUT2D eigenvalue weighted by Gasteiger charge is 2.28.